The zero-order chi connectivity index (χ0) is 20.7. The van der Waals surface area contributed by atoms with Gasteiger partial charge in [-0.05, 0) is 42.8 Å². The molecule has 0 aliphatic heterocycles. The number of nitriles is 1. The van der Waals surface area contributed by atoms with Crippen molar-refractivity contribution in [2.24, 2.45) is 0 Å². The minimum atomic E-state index is -1.02. The number of nitrogens with zero attached hydrogens (tertiary/aromatic N) is 3. The summed E-state index contributed by atoms with van der Waals surface area (Å²) >= 11 is 0. The molecule has 0 aromatic heterocycles. The van der Waals surface area contributed by atoms with Gasteiger partial charge in [0.05, 0.1) is 0 Å². The monoisotopic (exact) mass is 377 g/mol. The highest BCUT2D eigenvalue weighted by atomic mass is 16.5. The van der Waals surface area contributed by atoms with E-state index in [0.29, 0.717) is 11.3 Å². The van der Waals surface area contributed by atoms with Crippen molar-refractivity contribution in [2.75, 3.05) is 30.9 Å². The van der Waals surface area contributed by atoms with E-state index in [0.717, 1.165) is 5.69 Å². The number of carbonyl (C=O) groups is 2. The van der Waals surface area contributed by atoms with Crippen LogP contribution in [0.2, 0.25) is 0 Å². The van der Waals surface area contributed by atoms with Crippen LogP contribution in [0.5, 0.6) is 0 Å². The second kappa shape index (κ2) is 9.38. The number of anilines is 2. The number of hydrogen-bond donors (Lipinski definition) is 0. The van der Waals surface area contributed by atoms with Crippen LogP contribution in [0, 0.1) is 11.3 Å². The third-order valence-electron chi connectivity index (χ3n) is 4.17. The van der Waals surface area contributed by atoms with Crippen molar-refractivity contribution in [3.63, 3.8) is 0 Å². The van der Waals surface area contributed by atoms with Gasteiger partial charge in [-0.15, -0.1) is 0 Å². The van der Waals surface area contributed by atoms with Crippen molar-refractivity contribution in [1.82, 2.24) is 0 Å². The van der Waals surface area contributed by atoms with Crippen molar-refractivity contribution in [1.29, 1.82) is 5.26 Å². The van der Waals surface area contributed by atoms with Crippen LogP contribution in [-0.2, 0) is 14.3 Å². The minimum Gasteiger partial charge on any atom is -0.448 e. The summed E-state index contributed by atoms with van der Waals surface area (Å²) in [6, 6.07) is 18.3. The molecule has 0 fully saturated rings. The lowest BCUT2D eigenvalue weighted by atomic mass is 10.1. The lowest BCUT2D eigenvalue weighted by Gasteiger charge is -2.21. The molecule has 0 heterocycles. The summed E-state index contributed by atoms with van der Waals surface area (Å²) < 4.78 is 5.21. The Labute approximate surface area is 165 Å². The predicted octanol–water partition coefficient (Wildman–Crippen LogP) is 3.25. The van der Waals surface area contributed by atoms with Gasteiger partial charge in [0.25, 0.3) is 5.91 Å². The second-order valence-electron chi connectivity index (χ2n) is 6.44. The molecule has 0 unspecified atom stereocenters. The Morgan fingerprint density at radius 1 is 1.00 bits per heavy atom. The number of ether oxygens (including phenoxy) is 1. The van der Waals surface area contributed by atoms with Crippen LogP contribution in [0.3, 0.4) is 0 Å². The van der Waals surface area contributed by atoms with Crippen molar-refractivity contribution in [3.05, 3.63) is 65.7 Å². The Kier molecular flexibility index (Phi) is 6.94. The molecule has 0 N–H and O–H groups in total. The molecule has 28 heavy (non-hydrogen) atoms. The molecule has 1 atom stereocenters. The van der Waals surface area contributed by atoms with E-state index >= 15 is 0 Å². The number of carbonyl (C=O) groups excluding carboxylic acids is 2. The second-order valence-corrected chi connectivity index (χ2v) is 6.44. The molecule has 0 aliphatic carbocycles. The quantitative estimate of drug-likeness (QED) is 0.439. The van der Waals surface area contributed by atoms with Crippen LogP contribution in [0.4, 0.5) is 11.4 Å². The van der Waals surface area contributed by atoms with E-state index in [1.165, 1.54) is 17.9 Å². The Morgan fingerprint density at radius 2 is 1.61 bits per heavy atom. The molecule has 6 heteroatoms. The third-order valence-corrected chi connectivity index (χ3v) is 4.17. The fourth-order valence-electron chi connectivity index (χ4n) is 2.50. The first-order valence-corrected chi connectivity index (χ1v) is 8.76. The van der Waals surface area contributed by atoms with Crippen LogP contribution in [-0.4, -0.2) is 39.1 Å². The van der Waals surface area contributed by atoms with Gasteiger partial charge < -0.3 is 14.5 Å². The number of amides is 1. The molecule has 2 rings (SSSR count). The zero-order valence-electron chi connectivity index (χ0n) is 16.4. The van der Waals surface area contributed by atoms with Crippen molar-refractivity contribution >= 4 is 29.3 Å². The summed E-state index contributed by atoms with van der Waals surface area (Å²) in [5.74, 6) is -1.21. The average Bonchev–Trinajstić information content (AvgIpc) is 2.71. The largest absolute Gasteiger partial charge is 0.448 e. The van der Waals surface area contributed by atoms with Crippen molar-refractivity contribution in [2.45, 2.75) is 13.0 Å². The Hall–Kier alpha value is -3.59. The molecule has 0 aliphatic rings. The van der Waals surface area contributed by atoms with E-state index < -0.39 is 12.1 Å². The van der Waals surface area contributed by atoms with E-state index in [1.54, 1.807) is 31.3 Å². The lowest BCUT2D eigenvalue weighted by molar-refractivity contribution is -0.149. The van der Waals surface area contributed by atoms with Crippen LogP contribution < -0.4 is 9.80 Å². The van der Waals surface area contributed by atoms with Crippen LogP contribution in [0.15, 0.2) is 60.2 Å². The summed E-state index contributed by atoms with van der Waals surface area (Å²) in [5.41, 5.74) is 2.22. The maximum atomic E-state index is 12.5. The van der Waals surface area contributed by atoms with Gasteiger partial charge in [-0.1, -0.05) is 30.3 Å². The molecule has 0 saturated carbocycles. The van der Waals surface area contributed by atoms with Gasteiger partial charge in [0.2, 0.25) is 0 Å². The normalized spacial score (nSPS) is 11.9. The number of benzene rings is 2. The van der Waals surface area contributed by atoms with E-state index in [4.69, 9.17) is 4.74 Å². The highest BCUT2D eigenvalue weighted by Crippen LogP contribution is 2.16. The maximum Gasteiger partial charge on any atom is 0.349 e. The average molecular weight is 377 g/mol. The molecule has 2 aromatic rings. The zero-order valence-corrected chi connectivity index (χ0v) is 16.4. The van der Waals surface area contributed by atoms with Gasteiger partial charge in [-0.25, -0.2) is 4.79 Å². The summed E-state index contributed by atoms with van der Waals surface area (Å²) in [4.78, 5) is 28.2. The van der Waals surface area contributed by atoms with Gasteiger partial charge in [-0.3, -0.25) is 4.79 Å². The van der Waals surface area contributed by atoms with Crippen molar-refractivity contribution < 1.29 is 14.3 Å². The molecule has 0 saturated heterocycles. The Balaban J connectivity index is 2.08. The fourth-order valence-corrected chi connectivity index (χ4v) is 2.50. The molecular weight excluding hydrogens is 354 g/mol. The fraction of sp³-hybridized carbons (Fsp3) is 0.227. The molecule has 1 amide bonds. The summed E-state index contributed by atoms with van der Waals surface area (Å²) in [5, 5.41) is 9.32. The molecule has 2 aromatic carbocycles. The third kappa shape index (κ3) is 5.21. The molecule has 6 nitrogen and oxygen atoms in total. The van der Waals surface area contributed by atoms with E-state index in [1.807, 2.05) is 55.4 Å². The smallest absolute Gasteiger partial charge is 0.349 e. The highest BCUT2D eigenvalue weighted by Gasteiger charge is 2.24. The Morgan fingerprint density at radius 3 is 2.14 bits per heavy atom. The molecule has 0 bridgehead atoms. The van der Waals surface area contributed by atoms with Crippen LogP contribution in [0.1, 0.15) is 12.5 Å². The molecule has 0 spiro atoms. The standard InChI is InChI=1S/C22H23N3O3/c1-16(21(26)25(4)20-8-6-5-7-9-20)28-22(27)18(15-23)14-17-10-12-19(13-11-17)24(2)3/h5-14,16H,1-4H3/b18-14+/t16-/m0/s1. The van der Waals surface area contributed by atoms with Gasteiger partial charge in [0.15, 0.2) is 6.10 Å². The number of para-hydroxylation sites is 1. The van der Waals surface area contributed by atoms with Gasteiger partial charge in [0, 0.05) is 32.5 Å². The van der Waals surface area contributed by atoms with Crippen LogP contribution >= 0.6 is 0 Å². The number of hydrogen-bond acceptors (Lipinski definition) is 5. The summed E-state index contributed by atoms with van der Waals surface area (Å²) in [7, 11) is 5.46. The first kappa shape index (κ1) is 20.7. The minimum absolute atomic E-state index is 0.167. The highest BCUT2D eigenvalue weighted by molar-refractivity contribution is 6.01. The summed E-state index contributed by atoms with van der Waals surface area (Å²) in [6.45, 7) is 1.49. The summed E-state index contributed by atoms with van der Waals surface area (Å²) in [6.07, 6.45) is 0.422. The predicted molar refractivity (Wildman–Crippen MR) is 110 cm³/mol. The first-order valence-electron chi connectivity index (χ1n) is 8.76. The number of esters is 1. The first-order chi connectivity index (χ1) is 13.3. The van der Waals surface area contributed by atoms with Crippen molar-refractivity contribution in [3.8, 4) is 6.07 Å². The van der Waals surface area contributed by atoms with E-state index in [9.17, 15) is 14.9 Å². The molecule has 0 radical (unpaired) electrons. The van der Waals surface area contributed by atoms with Gasteiger partial charge in [-0.2, -0.15) is 5.26 Å². The lowest BCUT2D eigenvalue weighted by Crippen LogP contribution is -2.37. The Bertz CT molecular complexity index is 897. The van der Waals surface area contributed by atoms with Crippen LogP contribution in [0.25, 0.3) is 6.08 Å². The SMILES string of the molecule is C[C@H](OC(=O)/C(C#N)=C/c1ccc(N(C)C)cc1)C(=O)N(C)c1ccccc1. The topological polar surface area (TPSA) is 73.6 Å². The number of likely N-dealkylation sites (N-methyl/N-ethyl adjacent to an activating group) is 1. The molecule has 144 valence electrons. The van der Waals surface area contributed by atoms with E-state index in [2.05, 4.69) is 0 Å². The maximum absolute atomic E-state index is 12.5. The van der Waals surface area contributed by atoms with E-state index in [-0.39, 0.29) is 11.5 Å². The molecular formula is C22H23N3O3. The number of rotatable bonds is 6. The van der Waals surface area contributed by atoms with Gasteiger partial charge >= 0.3 is 5.97 Å². The van der Waals surface area contributed by atoms with Gasteiger partial charge in [0.1, 0.15) is 11.6 Å².